The van der Waals surface area contributed by atoms with Crippen LogP contribution in [0.4, 0.5) is 0 Å². The van der Waals surface area contributed by atoms with Gasteiger partial charge in [0.25, 0.3) is 5.91 Å². The largest absolute Gasteiger partial charge is 0.338 e. The van der Waals surface area contributed by atoms with Crippen LogP contribution < -0.4 is 0 Å². The highest BCUT2D eigenvalue weighted by Gasteiger charge is 2.32. The Hall–Kier alpha value is -1.31. The molecule has 1 aliphatic rings. The molecular weight excluding hydrogens is 198 g/mol. The van der Waals surface area contributed by atoms with Gasteiger partial charge in [0.15, 0.2) is 0 Å². The van der Waals surface area contributed by atoms with Gasteiger partial charge in [-0.25, -0.2) is 0 Å². The fourth-order valence-corrected chi connectivity index (χ4v) is 2.16. The smallest absolute Gasteiger partial charge is 0.253 e. The van der Waals surface area contributed by atoms with E-state index in [4.69, 9.17) is 0 Å². The number of benzene rings is 1. The van der Waals surface area contributed by atoms with Gasteiger partial charge >= 0.3 is 0 Å². The van der Waals surface area contributed by atoms with Crippen molar-refractivity contribution in [3.05, 3.63) is 35.4 Å². The molecule has 1 aromatic carbocycles. The first-order chi connectivity index (χ1) is 7.48. The van der Waals surface area contributed by atoms with Crippen molar-refractivity contribution in [2.24, 2.45) is 5.41 Å². The van der Waals surface area contributed by atoms with Gasteiger partial charge in [0.05, 0.1) is 0 Å². The molecule has 2 heteroatoms. The second-order valence-electron chi connectivity index (χ2n) is 5.51. The number of likely N-dealkylation sites (tertiary alicyclic amines) is 1. The van der Waals surface area contributed by atoms with E-state index in [0.29, 0.717) is 0 Å². The normalized spacial score (nSPS) is 18.8. The van der Waals surface area contributed by atoms with Crippen molar-refractivity contribution in [1.82, 2.24) is 4.90 Å². The van der Waals surface area contributed by atoms with Crippen molar-refractivity contribution in [3.63, 3.8) is 0 Å². The van der Waals surface area contributed by atoms with Crippen molar-refractivity contribution >= 4 is 5.91 Å². The average molecular weight is 217 g/mol. The lowest BCUT2D eigenvalue weighted by atomic mass is 9.93. The van der Waals surface area contributed by atoms with Crippen LogP contribution in [0.1, 0.15) is 36.2 Å². The Balaban J connectivity index is 2.12. The fraction of sp³-hybridized carbons (Fsp3) is 0.500. The summed E-state index contributed by atoms with van der Waals surface area (Å²) in [6.45, 7) is 8.23. The molecule has 1 saturated heterocycles. The first-order valence-corrected chi connectivity index (χ1v) is 5.84. The SMILES string of the molecule is Cc1ccc(C(=O)N2CCC(C)(C)C2)cc1. The maximum Gasteiger partial charge on any atom is 0.253 e. The standard InChI is InChI=1S/C14H19NO/c1-11-4-6-12(7-5-11)13(16)15-9-8-14(2,3)10-15/h4-7H,8-10H2,1-3H3. The molecule has 0 radical (unpaired) electrons. The molecule has 0 N–H and O–H groups in total. The van der Waals surface area contributed by atoms with E-state index in [1.807, 2.05) is 36.1 Å². The molecule has 1 aromatic rings. The minimum Gasteiger partial charge on any atom is -0.338 e. The average Bonchev–Trinajstić information content (AvgIpc) is 2.59. The van der Waals surface area contributed by atoms with E-state index < -0.39 is 0 Å². The topological polar surface area (TPSA) is 20.3 Å². The summed E-state index contributed by atoms with van der Waals surface area (Å²) in [5.41, 5.74) is 2.28. The Morgan fingerprint density at radius 3 is 2.38 bits per heavy atom. The Bertz CT molecular complexity index is 392. The quantitative estimate of drug-likeness (QED) is 0.708. The van der Waals surface area contributed by atoms with Crippen molar-refractivity contribution in [2.45, 2.75) is 27.2 Å². The highest BCUT2D eigenvalue weighted by molar-refractivity contribution is 5.94. The van der Waals surface area contributed by atoms with Crippen LogP contribution in [-0.2, 0) is 0 Å². The molecule has 2 rings (SSSR count). The molecule has 1 amide bonds. The fourth-order valence-electron chi connectivity index (χ4n) is 2.16. The van der Waals surface area contributed by atoms with E-state index in [0.717, 1.165) is 25.1 Å². The lowest BCUT2D eigenvalue weighted by Crippen LogP contribution is -2.30. The van der Waals surface area contributed by atoms with Crippen LogP contribution in [-0.4, -0.2) is 23.9 Å². The van der Waals surface area contributed by atoms with Crippen molar-refractivity contribution in [2.75, 3.05) is 13.1 Å². The second-order valence-corrected chi connectivity index (χ2v) is 5.51. The zero-order valence-corrected chi connectivity index (χ0v) is 10.3. The Morgan fingerprint density at radius 2 is 1.88 bits per heavy atom. The monoisotopic (exact) mass is 217 g/mol. The lowest BCUT2D eigenvalue weighted by molar-refractivity contribution is 0.0778. The van der Waals surface area contributed by atoms with Gasteiger partial charge in [-0.3, -0.25) is 4.79 Å². The van der Waals surface area contributed by atoms with Crippen LogP contribution in [0.5, 0.6) is 0 Å². The van der Waals surface area contributed by atoms with Crippen LogP contribution in [0.3, 0.4) is 0 Å². The van der Waals surface area contributed by atoms with Gasteiger partial charge in [0.1, 0.15) is 0 Å². The summed E-state index contributed by atoms with van der Waals surface area (Å²) in [6.07, 6.45) is 1.10. The Morgan fingerprint density at radius 1 is 1.25 bits per heavy atom. The number of carbonyl (C=O) groups excluding carboxylic acids is 1. The molecule has 1 heterocycles. The molecule has 0 aliphatic carbocycles. The first kappa shape index (κ1) is 11.2. The predicted octanol–water partition coefficient (Wildman–Crippen LogP) is 2.87. The van der Waals surface area contributed by atoms with Gasteiger partial charge in [-0.1, -0.05) is 31.5 Å². The van der Waals surface area contributed by atoms with Gasteiger partial charge in [0.2, 0.25) is 0 Å². The summed E-state index contributed by atoms with van der Waals surface area (Å²) in [6, 6.07) is 7.83. The van der Waals surface area contributed by atoms with Gasteiger partial charge in [0, 0.05) is 18.7 Å². The van der Waals surface area contributed by atoms with E-state index >= 15 is 0 Å². The first-order valence-electron chi connectivity index (χ1n) is 5.84. The number of nitrogens with zero attached hydrogens (tertiary/aromatic N) is 1. The summed E-state index contributed by atoms with van der Waals surface area (Å²) >= 11 is 0. The third kappa shape index (κ3) is 2.26. The molecule has 16 heavy (non-hydrogen) atoms. The van der Waals surface area contributed by atoms with Crippen molar-refractivity contribution < 1.29 is 4.79 Å². The third-order valence-corrected chi connectivity index (χ3v) is 3.26. The highest BCUT2D eigenvalue weighted by Crippen LogP contribution is 2.29. The van der Waals surface area contributed by atoms with Gasteiger partial charge in [-0.2, -0.15) is 0 Å². The number of amides is 1. The molecule has 0 atom stereocenters. The van der Waals surface area contributed by atoms with Gasteiger partial charge in [-0.15, -0.1) is 0 Å². The van der Waals surface area contributed by atoms with Crippen LogP contribution in [0.25, 0.3) is 0 Å². The molecule has 0 saturated carbocycles. The zero-order chi connectivity index (χ0) is 11.8. The second kappa shape index (κ2) is 3.93. The molecule has 0 spiro atoms. The number of aryl methyl sites for hydroxylation is 1. The Labute approximate surface area is 97.3 Å². The van der Waals surface area contributed by atoms with Crippen LogP contribution in [0.2, 0.25) is 0 Å². The summed E-state index contributed by atoms with van der Waals surface area (Å²) in [5.74, 6) is 0.172. The molecule has 0 aromatic heterocycles. The summed E-state index contributed by atoms with van der Waals surface area (Å²) in [5, 5.41) is 0. The number of hydrogen-bond acceptors (Lipinski definition) is 1. The van der Waals surface area contributed by atoms with E-state index in [1.165, 1.54) is 5.56 Å². The van der Waals surface area contributed by atoms with E-state index in [2.05, 4.69) is 13.8 Å². The van der Waals surface area contributed by atoms with Crippen molar-refractivity contribution in [1.29, 1.82) is 0 Å². The maximum atomic E-state index is 12.2. The zero-order valence-electron chi connectivity index (χ0n) is 10.3. The minimum absolute atomic E-state index is 0.172. The molecule has 1 aliphatic heterocycles. The van der Waals surface area contributed by atoms with Crippen LogP contribution >= 0.6 is 0 Å². The number of rotatable bonds is 1. The van der Waals surface area contributed by atoms with Crippen molar-refractivity contribution in [3.8, 4) is 0 Å². The number of carbonyl (C=O) groups is 1. The predicted molar refractivity (Wildman–Crippen MR) is 65.5 cm³/mol. The molecule has 1 fully saturated rings. The summed E-state index contributed by atoms with van der Waals surface area (Å²) in [4.78, 5) is 14.1. The minimum atomic E-state index is 0.172. The molecular formula is C14H19NO. The molecule has 86 valence electrons. The maximum absolute atomic E-state index is 12.2. The molecule has 2 nitrogen and oxygen atoms in total. The van der Waals surface area contributed by atoms with Gasteiger partial charge < -0.3 is 4.90 Å². The summed E-state index contributed by atoms with van der Waals surface area (Å²) in [7, 11) is 0. The Kier molecular flexibility index (Phi) is 2.75. The highest BCUT2D eigenvalue weighted by atomic mass is 16.2. The van der Waals surface area contributed by atoms with E-state index in [-0.39, 0.29) is 11.3 Å². The lowest BCUT2D eigenvalue weighted by Gasteiger charge is -2.19. The third-order valence-electron chi connectivity index (χ3n) is 3.26. The van der Waals surface area contributed by atoms with Gasteiger partial charge in [-0.05, 0) is 30.9 Å². The van der Waals surface area contributed by atoms with E-state index in [1.54, 1.807) is 0 Å². The number of hydrogen-bond donors (Lipinski definition) is 0. The van der Waals surface area contributed by atoms with E-state index in [9.17, 15) is 4.79 Å². The summed E-state index contributed by atoms with van der Waals surface area (Å²) < 4.78 is 0. The van der Waals surface area contributed by atoms with Crippen LogP contribution in [0, 0.1) is 12.3 Å². The van der Waals surface area contributed by atoms with Crippen LogP contribution in [0.15, 0.2) is 24.3 Å². The molecule has 0 bridgehead atoms. The molecule has 0 unspecified atom stereocenters.